The van der Waals surface area contributed by atoms with Crippen molar-refractivity contribution < 1.29 is 9.53 Å². The van der Waals surface area contributed by atoms with E-state index in [1.807, 2.05) is 35.2 Å². The molecule has 3 atom stereocenters. The van der Waals surface area contributed by atoms with Gasteiger partial charge in [0.05, 0.1) is 12.1 Å². The van der Waals surface area contributed by atoms with Gasteiger partial charge in [-0.3, -0.25) is 4.90 Å². The molecular weight excluding hydrogens is 312 g/mol. The van der Waals surface area contributed by atoms with Crippen LogP contribution >= 0.6 is 0 Å². The number of fused-ring (bicyclic) bond motifs is 1. The molecule has 2 saturated heterocycles. The molecule has 1 amide bonds. The Morgan fingerprint density at radius 2 is 1.92 bits per heavy atom. The van der Waals surface area contributed by atoms with Crippen molar-refractivity contribution in [1.29, 1.82) is 0 Å². The number of carbonyl (C=O) groups is 1. The maximum Gasteiger partial charge on any atom is 0.410 e. The van der Waals surface area contributed by atoms with Gasteiger partial charge in [-0.1, -0.05) is 54.6 Å². The molecule has 4 nitrogen and oxygen atoms in total. The Kier molecular flexibility index (Phi) is 3.35. The highest BCUT2D eigenvalue weighted by Gasteiger charge is 2.67. The maximum atomic E-state index is 12.8. The van der Waals surface area contributed by atoms with Gasteiger partial charge >= 0.3 is 6.09 Å². The predicted octanol–water partition coefficient (Wildman–Crippen LogP) is 2.86. The largest absolute Gasteiger partial charge is 0.445 e. The molecule has 0 radical (unpaired) electrons. The van der Waals surface area contributed by atoms with Gasteiger partial charge in [0, 0.05) is 12.0 Å². The summed E-state index contributed by atoms with van der Waals surface area (Å²) >= 11 is 0. The number of nitrogens with zero attached hydrogens (tertiary/aromatic N) is 1. The molecule has 1 N–H and O–H groups in total. The van der Waals surface area contributed by atoms with Gasteiger partial charge in [0.2, 0.25) is 0 Å². The molecule has 5 rings (SSSR count). The van der Waals surface area contributed by atoms with Crippen LogP contribution in [-0.2, 0) is 23.2 Å². The molecule has 2 aromatic rings. The molecule has 25 heavy (non-hydrogen) atoms. The summed E-state index contributed by atoms with van der Waals surface area (Å²) in [4.78, 5) is 14.8. The molecule has 128 valence electrons. The summed E-state index contributed by atoms with van der Waals surface area (Å²) in [5, 5.41) is 3.46. The molecular formula is C21H22N2O2. The number of carbonyl (C=O) groups excluding carboxylic acids is 1. The van der Waals surface area contributed by atoms with Crippen molar-refractivity contribution in [2.24, 2.45) is 0 Å². The molecule has 0 bridgehead atoms. The second-order valence-corrected chi connectivity index (χ2v) is 7.33. The fourth-order valence-corrected chi connectivity index (χ4v) is 5.18. The number of nitrogens with one attached hydrogen (secondary N) is 1. The van der Waals surface area contributed by atoms with Crippen LogP contribution in [0.15, 0.2) is 54.6 Å². The third-order valence-corrected chi connectivity index (χ3v) is 6.26. The lowest BCUT2D eigenvalue weighted by Gasteiger charge is -2.62. The van der Waals surface area contributed by atoms with Crippen LogP contribution in [0.4, 0.5) is 4.79 Å². The summed E-state index contributed by atoms with van der Waals surface area (Å²) in [6, 6.07) is 19.1. The first kappa shape index (κ1) is 15.0. The summed E-state index contributed by atoms with van der Waals surface area (Å²) in [6.07, 6.45) is 1.88. The predicted molar refractivity (Wildman–Crippen MR) is 95.4 cm³/mol. The Morgan fingerprint density at radius 1 is 1.12 bits per heavy atom. The number of likely N-dealkylation sites (tertiary alicyclic amines) is 1. The first-order chi connectivity index (χ1) is 12.3. The number of hydrogen-bond donors (Lipinski definition) is 1. The molecule has 0 aromatic heterocycles. The highest BCUT2D eigenvalue weighted by Crippen LogP contribution is 2.56. The average molecular weight is 334 g/mol. The molecule has 1 aliphatic carbocycles. The second kappa shape index (κ2) is 5.60. The summed E-state index contributed by atoms with van der Waals surface area (Å²) in [6.45, 7) is 2.21. The Balaban J connectivity index is 1.38. The number of benzene rings is 2. The highest BCUT2D eigenvalue weighted by atomic mass is 16.6. The normalized spacial score (nSPS) is 29.2. The molecule has 4 heteroatoms. The average Bonchev–Trinajstić information content (AvgIpc) is 2.89. The molecule has 1 spiro atoms. The fourth-order valence-electron chi connectivity index (χ4n) is 5.18. The van der Waals surface area contributed by atoms with Gasteiger partial charge in [0.15, 0.2) is 0 Å². The van der Waals surface area contributed by atoms with Crippen molar-refractivity contribution in [2.75, 3.05) is 13.1 Å². The molecule has 2 heterocycles. The van der Waals surface area contributed by atoms with E-state index >= 15 is 0 Å². The standard InChI is InChI=1S/C21H22N2O2/c24-20(25-14-15-6-2-1-3-7-15)23-18-12-16-8-4-5-9-17(16)21(18)10-11-22-13-19(21)23/h1-9,18-19,22H,10-14H2. The zero-order valence-corrected chi connectivity index (χ0v) is 14.2. The van der Waals surface area contributed by atoms with Crippen molar-refractivity contribution in [3.8, 4) is 0 Å². The van der Waals surface area contributed by atoms with Gasteiger partial charge < -0.3 is 10.1 Å². The van der Waals surface area contributed by atoms with Crippen LogP contribution < -0.4 is 5.32 Å². The topological polar surface area (TPSA) is 41.6 Å². The Morgan fingerprint density at radius 3 is 2.80 bits per heavy atom. The highest BCUT2D eigenvalue weighted by molar-refractivity contribution is 5.73. The van der Waals surface area contributed by atoms with Crippen LogP contribution in [0.2, 0.25) is 0 Å². The van der Waals surface area contributed by atoms with Crippen LogP contribution in [-0.4, -0.2) is 36.2 Å². The maximum absolute atomic E-state index is 12.8. The summed E-state index contributed by atoms with van der Waals surface area (Å²) in [7, 11) is 0. The van der Waals surface area contributed by atoms with Gasteiger partial charge in [0.25, 0.3) is 0 Å². The second-order valence-electron chi connectivity index (χ2n) is 7.33. The van der Waals surface area contributed by atoms with Crippen LogP contribution in [0.1, 0.15) is 23.1 Å². The quantitative estimate of drug-likeness (QED) is 0.918. The van der Waals surface area contributed by atoms with E-state index in [0.29, 0.717) is 6.61 Å². The van der Waals surface area contributed by atoms with Gasteiger partial charge in [-0.25, -0.2) is 4.79 Å². The number of amides is 1. The van der Waals surface area contributed by atoms with Crippen LogP contribution in [0.3, 0.4) is 0 Å². The minimum atomic E-state index is -0.175. The number of hydrogen-bond acceptors (Lipinski definition) is 3. The van der Waals surface area contributed by atoms with Gasteiger partial charge in [-0.2, -0.15) is 0 Å². The van der Waals surface area contributed by atoms with Crippen LogP contribution in [0.5, 0.6) is 0 Å². The van der Waals surface area contributed by atoms with E-state index in [1.54, 1.807) is 0 Å². The Labute approximate surface area is 147 Å². The minimum absolute atomic E-state index is 0.133. The SMILES string of the molecule is O=C(OCc1ccccc1)N1C2CNCCC23c2ccccc2CC13. The summed E-state index contributed by atoms with van der Waals surface area (Å²) in [5.74, 6) is 0. The summed E-state index contributed by atoms with van der Waals surface area (Å²) < 4.78 is 5.64. The van der Waals surface area contributed by atoms with E-state index in [1.165, 1.54) is 11.1 Å². The van der Waals surface area contributed by atoms with E-state index in [4.69, 9.17) is 4.74 Å². The van der Waals surface area contributed by atoms with Gasteiger partial charge in [-0.15, -0.1) is 0 Å². The number of ether oxygens (including phenoxy) is 1. The van der Waals surface area contributed by atoms with Gasteiger partial charge in [-0.05, 0) is 36.1 Å². The zero-order chi connectivity index (χ0) is 16.9. The van der Waals surface area contributed by atoms with E-state index in [0.717, 1.165) is 31.5 Å². The Hall–Kier alpha value is -2.33. The van der Waals surface area contributed by atoms with Crippen LogP contribution in [0, 0.1) is 0 Å². The number of rotatable bonds is 2. The molecule has 3 aliphatic rings. The number of piperidine rings is 1. The monoisotopic (exact) mass is 334 g/mol. The van der Waals surface area contributed by atoms with Crippen molar-refractivity contribution in [3.63, 3.8) is 0 Å². The van der Waals surface area contributed by atoms with Crippen molar-refractivity contribution in [2.45, 2.75) is 36.9 Å². The van der Waals surface area contributed by atoms with E-state index < -0.39 is 0 Å². The lowest BCUT2D eigenvalue weighted by molar-refractivity contribution is -0.0784. The molecule has 3 unspecified atom stereocenters. The lowest BCUT2D eigenvalue weighted by Crippen LogP contribution is -2.78. The van der Waals surface area contributed by atoms with Gasteiger partial charge in [0.1, 0.15) is 6.61 Å². The lowest BCUT2D eigenvalue weighted by atomic mass is 9.60. The fraction of sp³-hybridized carbons (Fsp3) is 0.381. The minimum Gasteiger partial charge on any atom is -0.445 e. The molecule has 2 aliphatic heterocycles. The van der Waals surface area contributed by atoms with E-state index in [-0.39, 0.29) is 23.6 Å². The Bertz CT molecular complexity index is 799. The van der Waals surface area contributed by atoms with Crippen molar-refractivity contribution in [3.05, 3.63) is 71.3 Å². The summed E-state index contributed by atoms with van der Waals surface area (Å²) in [5.41, 5.74) is 4.02. The van der Waals surface area contributed by atoms with Crippen molar-refractivity contribution >= 4 is 6.09 Å². The third kappa shape index (κ3) is 2.07. The van der Waals surface area contributed by atoms with Crippen LogP contribution in [0.25, 0.3) is 0 Å². The first-order valence-electron chi connectivity index (χ1n) is 9.09. The molecule has 2 fully saturated rings. The van der Waals surface area contributed by atoms with Crippen molar-refractivity contribution in [1.82, 2.24) is 10.2 Å². The zero-order valence-electron chi connectivity index (χ0n) is 14.2. The molecule has 0 saturated carbocycles. The smallest absolute Gasteiger partial charge is 0.410 e. The molecule has 2 aromatic carbocycles. The van der Waals surface area contributed by atoms with E-state index in [9.17, 15) is 4.79 Å². The van der Waals surface area contributed by atoms with E-state index in [2.05, 4.69) is 29.6 Å². The first-order valence-corrected chi connectivity index (χ1v) is 9.09. The third-order valence-electron chi connectivity index (χ3n) is 6.26.